The number of aliphatic carboxylic acids is 1. The Morgan fingerprint density at radius 1 is 1.12 bits per heavy atom. The van der Waals surface area contributed by atoms with Gasteiger partial charge in [0.05, 0.1) is 0 Å². The van der Waals surface area contributed by atoms with Crippen molar-refractivity contribution in [3.8, 4) is 0 Å². The van der Waals surface area contributed by atoms with E-state index in [1.165, 1.54) is 0 Å². The third-order valence-corrected chi connectivity index (χ3v) is 2.03. The van der Waals surface area contributed by atoms with Crippen LogP contribution in [0.4, 0.5) is 0 Å². The maximum absolute atomic E-state index is 11.0. The van der Waals surface area contributed by atoms with Crippen molar-refractivity contribution in [2.24, 2.45) is 5.41 Å². The molecule has 0 spiro atoms. The predicted molar refractivity (Wildman–Crippen MR) is 65.5 cm³/mol. The second-order valence-electron chi connectivity index (χ2n) is 4.68. The fraction of sp³-hybridized carbons (Fsp3) is 0.429. The van der Waals surface area contributed by atoms with Gasteiger partial charge in [0.1, 0.15) is 0 Å². The van der Waals surface area contributed by atoms with E-state index in [1.807, 2.05) is 37.3 Å². The Morgan fingerprint density at radius 2 is 1.53 bits per heavy atom. The molecule has 1 aromatic rings. The zero-order valence-corrected chi connectivity index (χ0v) is 10.8. The Balaban J connectivity index is 0.000000325. The molecule has 0 radical (unpaired) electrons. The Hall–Kier alpha value is -1.64. The Labute approximate surface area is 102 Å². The third kappa shape index (κ3) is 6.51. The number of rotatable bonds is 2. The molecule has 0 aliphatic heterocycles. The third-order valence-electron chi connectivity index (χ3n) is 2.03. The topological polar surface area (TPSA) is 57.2 Å². The van der Waals surface area contributed by atoms with Crippen LogP contribution in [0.1, 0.15) is 44.5 Å². The number of carboxylic acids is 1. The van der Waals surface area contributed by atoms with Crippen molar-refractivity contribution >= 4 is 11.8 Å². The smallest absolute Gasteiger partial charge is 0.162 e. The molecule has 0 heterocycles. The molecule has 0 amide bonds. The summed E-state index contributed by atoms with van der Waals surface area (Å²) in [5.74, 6) is -0.798. The summed E-state index contributed by atoms with van der Waals surface area (Å²) in [6.45, 7) is 6.67. The van der Waals surface area contributed by atoms with Gasteiger partial charge in [-0.3, -0.25) is 4.79 Å². The maximum atomic E-state index is 11.0. The van der Waals surface area contributed by atoms with E-state index in [4.69, 9.17) is 0 Å². The van der Waals surface area contributed by atoms with E-state index >= 15 is 0 Å². The number of ketones is 1. The first-order valence-corrected chi connectivity index (χ1v) is 5.58. The van der Waals surface area contributed by atoms with Gasteiger partial charge in [0.2, 0.25) is 0 Å². The summed E-state index contributed by atoms with van der Waals surface area (Å²) < 4.78 is 0. The van der Waals surface area contributed by atoms with Gasteiger partial charge in [0.15, 0.2) is 5.78 Å². The second-order valence-corrected chi connectivity index (χ2v) is 4.68. The van der Waals surface area contributed by atoms with Gasteiger partial charge in [0.25, 0.3) is 0 Å². The number of carbonyl (C=O) groups excluding carboxylic acids is 2. The highest BCUT2D eigenvalue weighted by molar-refractivity contribution is 5.95. The Bertz CT molecular complexity index is 361. The van der Waals surface area contributed by atoms with E-state index in [1.54, 1.807) is 20.8 Å². The molecule has 0 aliphatic carbocycles. The van der Waals surface area contributed by atoms with Crippen LogP contribution in [0.5, 0.6) is 0 Å². The van der Waals surface area contributed by atoms with Crippen molar-refractivity contribution < 1.29 is 14.7 Å². The average molecular weight is 235 g/mol. The molecule has 1 aromatic carbocycles. The van der Waals surface area contributed by atoms with Crippen molar-refractivity contribution in [3.63, 3.8) is 0 Å². The van der Waals surface area contributed by atoms with E-state index in [0.29, 0.717) is 6.42 Å². The second kappa shape index (κ2) is 6.84. The molecule has 0 bridgehead atoms. The fourth-order valence-corrected chi connectivity index (χ4v) is 0.828. The molecule has 0 N–H and O–H groups in total. The van der Waals surface area contributed by atoms with Gasteiger partial charge in [0, 0.05) is 23.4 Å². The predicted octanol–water partition coefficient (Wildman–Crippen LogP) is 2.06. The molecule has 0 atom stereocenters. The van der Waals surface area contributed by atoms with Gasteiger partial charge in [-0.15, -0.1) is 0 Å². The minimum Gasteiger partial charge on any atom is -0.550 e. The van der Waals surface area contributed by atoms with Gasteiger partial charge in [-0.1, -0.05) is 58.0 Å². The van der Waals surface area contributed by atoms with E-state index in [-0.39, 0.29) is 5.78 Å². The highest BCUT2D eigenvalue weighted by Gasteiger charge is 2.09. The van der Waals surface area contributed by atoms with E-state index in [2.05, 4.69) is 0 Å². The van der Waals surface area contributed by atoms with Gasteiger partial charge < -0.3 is 9.90 Å². The molecule has 0 saturated carbocycles. The van der Waals surface area contributed by atoms with Crippen LogP contribution in [-0.2, 0) is 4.79 Å². The highest BCUT2D eigenvalue weighted by atomic mass is 16.4. The lowest BCUT2D eigenvalue weighted by Gasteiger charge is -2.18. The van der Waals surface area contributed by atoms with Crippen molar-refractivity contribution in [3.05, 3.63) is 35.9 Å². The number of hydrogen-bond donors (Lipinski definition) is 0. The van der Waals surface area contributed by atoms with Crippen molar-refractivity contribution in [1.29, 1.82) is 0 Å². The lowest BCUT2D eigenvalue weighted by atomic mass is 9.98. The van der Waals surface area contributed by atoms with E-state index in [9.17, 15) is 14.7 Å². The van der Waals surface area contributed by atoms with Crippen molar-refractivity contribution in [2.45, 2.75) is 34.1 Å². The Morgan fingerprint density at radius 3 is 1.82 bits per heavy atom. The summed E-state index contributed by atoms with van der Waals surface area (Å²) in [6.07, 6.45) is 0.587. The summed E-state index contributed by atoms with van der Waals surface area (Å²) in [5, 5.41) is 9.91. The monoisotopic (exact) mass is 235 g/mol. The van der Waals surface area contributed by atoms with Gasteiger partial charge in [-0.25, -0.2) is 0 Å². The summed E-state index contributed by atoms with van der Waals surface area (Å²) in [7, 11) is 0. The lowest BCUT2D eigenvalue weighted by molar-refractivity contribution is -0.316. The van der Waals surface area contributed by atoms with Crippen LogP contribution >= 0.6 is 0 Å². The molecule has 0 unspecified atom stereocenters. The number of carbonyl (C=O) groups is 2. The standard InChI is InChI=1S/C9H10O.C5H10O2/c1-2-9(10)8-6-4-3-5-7-8;1-5(2,3)4(6)7/h3-7H,2H2,1H3;1-3H3,(H,6,7)/p-1. The molecular weight excluding hydrogens is 216 g/mol. The first-order valence-electron chi connectivity index (χ1n) is 5.58. The normalized spacial score (nSPS) is 10.1. The van der Waals surface area contributed by atoms with Crippen molar-refractivity contribution in [1.82, 2.24) is 0 Å². The van der Waals surface area contributed by atoms with Crippen LogP contribution in [0.15, 0.2) is 30.3 Å². The molecule has 3 heteroatoms. The Kier molecular flexibility index (Phi) is 6.18. The maximum Gasteiger partial charge on any atom is 0.162 e. The van der Waals surface area contributed by atoms with Gasteiger partial charge >= 0.3 is 0 Å². The molecule has 0 saturated heterocycles. The highest BCUT2D eigenvalue weighted by Crippen LogP contribution is 2.09. The first-order chi connectivity index (χ1) is 7.79. The van der Waals surface area contributed by atoms with E-state index in [0.717, 1.165) is 5.56 Å². The van der Waals surface area contributed by atoms with Crippen LogP contribution in [0, 0.1) is 5.41 Å². The lowest BCUT2D eigenvalue weighted by Crippen LogP contribution is -2.35. The van der Waals surface area contributed by atoms with Crippen LogP contribution in [-0.4, -0.2) is 11.8 Å². The summed E-state index contributed by atoms with van der Waals surface area (Å²) >= 11 is 0. The van der Waals surface area contributed by atoms with Gasteiger partial charge in [-0.05, 0) is 0 Å². The molecule has 0 aromatic heterocycles. The van der Waals surface area contributed by atoms with Crippen LogP contribution in [0.25, 0.3) is 0 Å². The molecule has 3 nitrogen and oxygen atoms in total. The summed E-state index contributed by atoms with van der Waals surface area (Å²) in [5.41, 5.74) is 0.116. The minimum atomic E-state index is -1.01. The van der Waals surface area contributed by atoms with Crippen LogP contribution in [0.2, 0.25) is 0 Å². The quantitative estimate of drug-likeness (QED) is 0.737. The SMILES string of the molecule is CC(C)(C)C(=O)[O-].CCC(=O)c1ccccc1. The van der Waals surface area contributed by atoms with Crippen LogP contribution in [0.3, 0.4) is 0 Å². The van der Waals surface area contributed by atoms with Crippen LogP contribution < -0.4 is 5.11 Å². The number of hydrogen-bond acceptors (Lipinski definition) is 3. The van der Waals surface area contributed by atoms with Crippen molar-refractivity contribution in [2.75, 3.05) is 0 Å². The summed E-state index contributed by atoms with van der Waals surface area (Å²) in [4.78, 5) is 20.9. The number of benzene rings is 1. The molecule has 1 rings (SSSR count). The largest absolute Gasteiger partial charge is 0.550 e. The molecular formula is C14H19O3-. The first kappa shape index (κ1) is 15.4. The van der Waals surface area contributed by atoms with E-state index < -0.39 is 11.4 Å². The zero-order chi connectivity index (χ0) is 13.5. The number of Topliss-reactive ketones (excluding diaryl/α,β-unsaturated/α-hetero) is 1. The number of carboxylic acid groups (broad SMARTS) is 1. The zero-order valence-electron chi connectivity index (χ0n) is 10.8. The molecule has 0 fully saturated rings. The molecule has 17 heavy (non-hydrogen) atoms. The average Bonchev–Trinajstić information content (AvgIpc) is 2.28. The molecule has 94 valence electrons. The minimum absolute atomic E-state index is 0.209. The summed E-state index contributed by atoms with van der Waals surface area (Å²) in [6, 6.07) is 9.34. The fourth-order valence-electron chi connectivity index (χ4n) is 0.828. The van der Waals surface area contributed by atoms with Gasteiger partial charge in [-0.2, -0.15) is 0 Å². The molecule has 0 aliphatic rings.